The molecule has 2 nitrogen and oxygen atoms in total. The third-order valence-corrected chi connectivity index (χ3v) is 3.60. The van der Waals surface area contributed by atoms with Crippen molar-refractivity contribution in [3.05, 3.63) is 0 Å². The number of hydrogen-bond acceptors (Lipinski definition) is 2. The molecule has 0 aromatic carbocycles. The standard InChI is InChI=1S/C10H20N2/c1-8(2)9-10(7-12-9)3-5-11-6-4-10/h8-9,11-12H,3-7H2,1-2H3. The second-order valence-corrected chi connectivity index (χ2v) is 4.71. The second-order valence-electron chi connectivity index (χ2n) is 4.71. The van der Waals surface area contributed by atoms with Crippen LogP contribution in [-0.2, 0) is 0 Å². The Kier molecular flexibility index (Phi) is 2.13. The molecule has 2 aliphatic rings. The molecule has 0 saturated carbocycles. The van der Waals surface area contributed by atoms with Gasteiger partial charge in [-0.15, -0.1) is 0 Å². The summed E-state index contributed by atoms with van der Waals surface area (Å²) >= 11 is 0. The number of rotatable bonds is 1. The summed E-state index contributed by atoms with van der Waals surface area (Å²) in [6.45, 7) is 8.38. The Hall–Kier alpha value is -0.0800. The van der Waals surface area contributed by atoms with Crippen LogP contribution in [0.4, 0.5) is 0 Å². The van der Waals surface area contributed by atoms with E-state index in [4.69, 9.17) is 0 Å². The van der Waals surface area contributed by atoms with E-state index in [9.17, 15) is 0 Å². The molecular weight excluding hydrogens is 148 g/mol. The van der Waals surface area contributed by atoms with Gasteiger partial charge in [0, 0.05) is 18.0 Å². The van der Waals surface area contributed by atoms with Gasteiger partial charge in [0.05, 0.1) is 0 Å². The van der Waals surface area contributed by atoms with Gasteiger partial charge in [-0.1, -0.05) is 13.8 Å². The van der Waals surface area contributed by atoms with Crippen molar-refractivity contribution in [1.29, 1.82) is 0 Å². The molecule has 0 aliphatic carbocycles. The van der Waals surface area contributed by atoms with E-state index < -0.39 is 0 Å². The van der Waals surface area contributed by atoms with Crippen LogP contribution in [0.3, 0.4) is 0 Å². The van der Waals surface area contributed by atoms with E-state index in [1.807, 2.05) is 0 Å². The molecule has 0 amide bonds. The summed E-state index contributed by atoms with van der Waals surface area (Å²) in [4.78, 5) is 0. The lowest BCUT2D eigenvalue weighted by atomic mass is 9.64. The lowest BCUT2D eigenvalue weighted by Gasteiger charge is -2.55. The molecule has 2 heteroatoms. The molecule has 2 fully saturated rings. The normalized spacial score (nSPS) is 33.8. The van der Waals surface area contributed by atoms with Crippen LogP contribution in [0.15, 0.2) is 0 Å². The van der Waals surface area contributed by atoms with Crippen LogP contribution in [0.5, 0.6) is 0 Å². The average Bonchev–Trinajstić information content (AvgIpc) is 2.03. The monoisotopic (exact) mass is 168 g/mol. The zero-order valence-electron chi connectivity index (χ0n) is 8.19. The van der Waals surface area contributed by atoms with Gasteiger partial charge >= 0.3 is 0 Å². The fraction of sp³-hybridized carbons (Fsp3) is 1.00. The van der Waals surface area contributed by atoms with E-state index in [0.717, 1.165) is 12.0 Å². The molecule has 70 valence electrons. The Labute approximate surface area is 75.1 Å². The zero-order chi connectivity index (χ0) is 8.60. The first-order valence-electron chi connectivity index (χ1n) is 5.19. The molecule has 0 aromatic heterocycles. The van der Waals surface area contributed by atoms with Crippen molar-refractivity contribution in [3.63, 3.8) is 0 Å². The van der Waals surface area contributed by atoms with E-state index >= 15 is 0 Å². The van der Waals surface area contributed by atoms with Crippen LogP contribution in [0.2, 0.25) is 0 Å². The van der Waals surface area contributed by atoms with Crippen molar-refractivity contribution in [2.75, 3.05) is 19.6 Å². The van der Waals surface area contributed by atoms with Gasteiger partial charge in [0.15, 0.2) is 0 Å². The fourth-order valence-corrected chi connectivity index (χ4v) is 2.86. The van der Waals surface area contributed by atoms with Crippen molar-refractivity contribution in [2.24, 2.45) is 11.3 Å². The van der Waals surface area contributed by atoms with Gasteiger partial charge in [-0.25, -0.2) is 0 Å². The van der Waals surface area contributed by atoms with Gasteiger partial charge in [-0.2, -0.15) is 0 Å². The lowest BCUT2D eigenvalue weighted by Crippen LogP contribution is -2.67. The van der Waals surface area contributed by atoms with Crippen molar-refractivity contribution in [3.8, 4) is 0 Å². The van der Waals surface area contributed by atoms with E-state index in [0.29, 0.717) is 5.41 Å². The quantitative estimate of drug-likeness (QED) is 0.610. The number of nitrogens with one attached hydrogen (secondary N) is 2. The minimum atomic E-state index is 0.666. The predicted octanol–water partition coefficient (Wildman–Crippen LogP) is 0.984. The first kappa shape index (κ1) is 8.52. The maximum Gasteiger partial charge on any atom is 0.0160 e. The zero-order valence-corrected chi connectivity index (χ0v) is 8.19. The summed E-state index contributed by atoms with van der Waals surface area (Å²) in [6, 6.07) is 0.791. The minimum Gasteiger partial charge on any atom is -0.317 e. The summed E-state index contributed by atoms with van der Waals surface area (Å²) < 4.78 is 0. The molecule has 2 saturated heterocycles. The summed E-state index contributed by atoms with van der Waals surface area (Å²) in [6.07, 6.45) is 2.76. The second kappa shape index (κ2) is 3.00. The van der Waals surface area contributed by atoms with E-state index in [-0.39, 0.29) is 0 Å². The summed E-state index contributed by atoms with van der Waals surface area (Å²) in [5, 5.41) is 7.02. The molecule has 2 rings (SSSR count). The molecule has 12 heavy (non-hydrogen) atoms. The number of hydrogen-bond donors (Lipinski definition) is 2. The predicted molar refractivity (Wildman–Crippen MR) is 51.2 cm³/mol. The SMILES string of the molecule is CC(C)C1NCC12CCNCC2. The van der Waals surface area contributed by atoms with Crippen molar-refractivity contribution < 1.29 is 0 Å². The lowest BCUT2D eigenvalue weighted by molar-refractivity contribution is 0.0176. The van der Waals surface area contributed by atoms with Crippen LogP contribution < -0.4 is 10.6 Å². The van der Waals surface area contributed by atoms with Gasteiger partial charge in [0.2, 0.25) is 0 Å². The van der Waals surface area contributed by atoms with Gasteiger partial charge in [0.25, 0.3) is 0 Å². The van der Waals surface area contributed by atoms with Crippen LogP contribution in [0, 0.1) is 11.3 Å². The van der Waals surface area contributed by atoms with Crippen molar-refractivity contribution >= 4 is 0 Å². The Morgan fingerprint density at radius 2 is 1.92 bits per heavy atom. The van der Waals surface area contributed by atoms with Gasteiger partial charge in [0.1, 0.15) is 0 Å². The van der Waals surface area contributed by atoms with Crippen LogP contribution >= 0.6 is 0 Å². The largest absolute Gasteiger partial charge is 0.317 e. The summed E-state index contributed by atoms with van der Waals surface area (Å²) in [7, 11) is 0. The third-order valence-electron chi connectivity index (χ3n) is 3.60. The smallest absolute Gasteiger partial charge is 0.0160 e. The third kappa shape index (κ3) is 1.17. The minimum absolute atomic E-state index is 0.666. The Morgan fingerprint density at radius 1 is 1.25 bits per heavy atom. The molecule has 2 heterocycles. The fourth-order valence-electron chi connectivity index (χ4n) is 2.86. The highest BCUT2D eigenvalue weighted by molar-refractivity contribution is 5.04. The van der Waals surface area contributed by atoms with Crippen LogP contribution in [0.1, 0.15) is 26.7 Å². The first-order valence-corrected chi connectivity index (χ1v) is 5.19. The maximum atomic E-state index is 3.58. The van der Waals surface area contributed by atoms with Crippen LogP contribution in [0.25, 0.3) is 0 Å². The van der Waals surface area contributed by atoms with Crippen molar-refractivity contribution in [2.45, 2.75) is 32.7 Å². The first-order chi connectivity index (χ1) is 5.75. The molecule has 0 radical (unpaired) electrons. The van der Waals surface area contributed by atoms with Crippen LogP contribution in [-0.4, -0.2) is 25.7 Å². The summed E-state index contributed by atoms with van der Waals surface area (Å²) in [5.74, 6) is 0.803. The molecule has 0 bridgehead atoms. The molecule has 1 spiro atoms. The van der Waals surface area contributed by atoms with Crippen molar-refractivity contribution in [1.82, 2.24) is 10.6 Å². The molecule has 0 aromatic rings. The molecule has 2 aliphatic heterocycles. The Bertz CT molecular complexity index is 159. The topological polar surface area (TPSA) is 24.1 Å². The highest BCUT2D eigenvalue weighted by Gasteiger charge is 2.47. The Balaban J connectivity index is 2.00. The molecule has 2 N–H and O–H groups in total. The molecular formula is C10H20N2. The van der Waals surface area contributed by atoms with E-state index in [1.165, 1.54) is 32.5 Å². The average molecular weight is 168 g/mol. The molecule has 1 atom stereocenters. The van der Waals surface area contributed by atoms with Gasteiger partial charge in [-0.05, 0) is 31.8 Å². The van der Waals surface area contributed by atoms with Gasteiger partial charge in [-0.3, -0.25) is 0 Å². The summed E-state index contributed by atoms with van der Waals surface area (Å²) in [5.41, 5.74) is 0.666. The maximum absolute atomic E-state index is 3.58. The Morgan fingerprint density at radius 3 is 2.33 bits per heavy atom. The van der Waals surface area contributed by atoms with E-state index in [2.05, 4.69) is 24.5 Å². The molecule has 1 unspecified atom stereocenters. The van der Waals surface area contributed by atoms with E-state index in [1.54, 1.807) is 0 Å². The number of piperidine rings is 1. The highest BCUT2D eigenvalue weighted by Crippen LogP contribution is 2.41. The van der Waals surface area contributed by atoms with Gasteiger partial charge < -0.3 is 10.6 Å². The highest BCUT2D eigenvalue weighted by atomic mass is 15.1.